The minimum atomic E-state index is -0.608. The third-order valence-electron chi connectivity index (χ3n) is 6.50. The van der Waals surface area contributed by atoms with E-state index in [1.807, 2.05) is 6.07 Å². The Kier molecular flexibility index (Phi) is 10.1. The second-order valence-corrected chi connectivity index (χ2v) is 9.16. The summed E-state index contributed by atoms with van der Waals surface area (Å²) in [5.74, 6) is 6.75. The number of hydrazine groups is 1. The van der Waals surface area contributed by atoms with Gasteiger partial charge >= 0.3 is 6.03 Å². The lowest BCUT2D eigenvalue weighted by molar-refractivity contribution is 0.235. The van der Waals surface area contributed by atoms with Crippen LogP contribution in [-0.2, 0) is 6.42 Å². The van der Waals surface area contributed by atoms with Crippen LogP contribution in [0.25, 0.3) is 10.9 Å². The van der Waals surface area contributed by atoms with E-state index in [4.69, 9.17) is 11.6 Å². The smallest absolute Gasteiger partial charge is 0.316 e. The number of likely N-dealkylation sites (N-methyl/N-ethyl adjacent to an activating group) is 1. The van der Waals surface area contributed by atoms with E-state index in [2.05, 4.69) is 63.1 Å². The molecule has 0 bridgehead atoms. The number of primary amides is 1. The number of benzene rings is 2. The van der Waals surface area contributed by atoms with Crippen molar-refractivity contribution in [2.45, 2.75) is 38.5 Å². The number of anilines is 1. The van der Waals surface area contributed by atoms with Gasteiger partial charge in [-0.05, 0) is 56.0 Å². The molecule has 8 nitrogen and oxygen atoms in total. The Balaban J connectivity index is 0.000000205. The summed E-state index contributed by atoms with van der Waals surface area (Å²) in [6.45, 7) is 2.45. The predicted octanol–water partition coefficient (Wildman–Crippen LogP) is 4.24. The fraction of sp³-hybridized carbons (Fsp3) is 0.407. The van der Waals surface area contributed by atoms with Gasteiger partial charge in [0.05, 0.1) is 0 Å². The maximum absolute atomic E-state index is 10.6. The van der Waals surface area contributed by atoms with Gasteiger partial charge < -0.3 is 26.4 Å². The standard InChI is InChI=1S/C18H26N2.C9H13N5O/c1-20(14-15-7-3-2-4-8-15)12-11-16-13-19-18-10-6-5-9-17(16)18;1-12-8(14-11)6-3-2-4-7(5-6)13-9(10)15/h5-6,9-10,13,15,19H,2-4,7-8,11-12,14H2,1H3;2-5H,11H2,1H3,(H,12,14)(H3,10,13,15). The Morgan fingerprint density at radius 2 is 1.91 bits per heavy atom. The van der Waals surface area contributed by atoms with E-state index in [0.29, 0.717) is 11.5 Å². The third-order valence-corrected chi connectivity index (χ3v) is 6.50. The van der Waals surface area contributed by atoms with Crippen molar-refractivity contribution in [3.63, 3.8) is 0 Å². The molecular weight excluding hydrogens is 438 g/mol. The molecule has 1 aliphatic rings. The first-order chi connectivity index (χ1) is 17.0. The summed E-state index contributed by atoms with van der Waals surface area (Å²) in [5, 5.41) is 3.85. The molecule has 4 rings (SSSR count). The van der Waals surface area contributed by atoms with E-state index in [0.717, 1.165) is 17.9 Å². The molecule has 188 valence electrons. The van der Waals surface area contributed by atoms with Crippen LogP contribution in [0.4, 0.5) is 10.5 Å². The van der Waals surface area contributed by atoms with Gasteiger partial charge in [0.15, 0.2) is 0 Å². The molecule has 0 atom stereocenters. The summed E-state index contributed by atoms with van der Waals surface area (Å²) in [5.41, 5.74) is 11.5. The first kappa shape index (κ1) is 26.2. The van der Waals surface area contributed by atoms with Crippen molar-refractivity contribution in [3.8, 4) is 0 Å². The van der Waals surface area contributed by atoms with Gasteiger partial charge in [0.2, 0.25) is 0 Å². The van der Waals surface area contributed by atoms with Crippen molar-refractivity contribution in [1.82, 2.24) is 15.3 Å². The summed E-state index contributed by atoms with van der Waals surface area (Å²) in [6, 6.07) is 15.0. The van der Waals surface area contributed by atoms with Crippen LogP contribution in [0.15, 0.2) is 59.7 Å². The quantitative estimate of drug-likeness (QED) is 0.151. The molecule has 2 amide bonds. The van der Waals surface area contributed by atoms with E-state index in [9.17, 15) is 4.79 Å². The summed E-state index contributed by atoms with van der Waals surface area (Å²) in [7, 11) is 3.90. The Hall–Kier alpha value is -3.36. The van der Waals surface area contributed by atoms with E-state index in [1.165, 1.54) is 61.7 Å². The Bertz CT molecular complexity index is 1100. The van der Waals surface area contributed by atoms with Crippen LogP contribution in [0.3, 0.4) is 0 Å². The van der Waals surface area contributed by atoms with E-state index in [-0.39, 0.29) is 0 Å². The Morgan fingerprint density at radius 3 is 2.63 bits per heavy atom. The van der Waals surface area contributed by atoms with E-state index < -0.39 is 6.03 Å². The van der Waals surface area contributed by atoms with Gasteiger partial charge in [-0.25, -0.2) is 10.6 Å². The zero-order chi connectivity index (χ0) is 25.0. The zero-order valence-electron chi connectivity index (χ0n) is 20.9. The van der Waals surface area contributed by atoms with Crippen molar-refractivity contribution in [3.05, 3.63) is 65.9 Å². The van der Waals surface area contributed by atoms with Crippen molar-refractivity contribution < 1.29 is 4.79 Å². The molecule has 1 heterocycles. The van der Waals surface area contributed by atoms with Gasteiger partial charge in [-0.3, -0.25) is 4.99 Å². The normalized spacial score (nSPS) is 14.5. The number of aromatic nitrogens is 1. The molecule has 0 aliphatic heterocycles. The molecule has 35 heavy (non-hydrogen) atoms. The molecule has 1 aliphatic carbocycles. The number of fused-ring (bicyclic) bond motifs is 1. The number of carbonyl (C=O) groups excluding carboxylic acids is 1. The second kappa shape index (κ2) is 13.5. The summed E-state index contributed by atoms with van der Waals surface area (Å²) in [6.07, 6.45) is 10.6. The SMILES string of the molecule is CN(CCc1c[nH]c2ccccc12)CC1CCCCC1.CN=C(NN)c1cccc(NC(N)=O)c1. The van der Waals surface area contributed by atoms with Gasteiger partial charge in [0.1, 0.15) is 5.84 Å². The number of aliphatic imine (C=N–C) groups is 1. The molecule has 7 N–H and O–H groups in total. The highest BCUT2D eigenvalue weighted by atomic mass is 16.2. The molecule has 0 spiro atoms. The molecule has 1 aromatic heterocycles. The molecule has 0 unspecified atom stereocenters. The number of aromatic amines is 1. The van der Waals surface area contributed by atoms with Gasteiger partial charge in [0.25, 0.3) is 0 Å². The minimum absolute atomic E-state index is 0.531. The number of nitrogens with two attached hydrogens (primary N) is 2. The van der Waals surface area contributed by atoms with Crippen LogP contribution in [0.5, 0.6) is 0 Å². The number of para-hydroxylation sites is 1. The van der Waals surface area contributed by atoms with Crippen LogP contribution in [0.2, 0.25) is 0 Å². The van der Waals surface area contributed by atoms with Crippen LogP contribution in [-0.4, -0.2) is 48.9 Å². The molecule has 8 heteroatoms. The molecule has 1 saturated carbocycles. The van der Waals surface area contributed by atoms with Gasteiger partial charge in [0, 0.05) is 48.5 Å². The fourth-order valence-electron chi connectivity index (χ4n) is 4.72. The van der Waals surface area contributed by atoms with Crippen LogP contribution in [0, 0.1) is 5.92 Å². The number of amides is 2. The zero-order valence-corrected chi connectivity index (χ0v) is 20.9. The number of rotatable bonds is 7. The summed E-state index contributed by atoms with van der Waals surface area (Å²) < 4.78 is 0. The number of carbonyl (C=O) groups is 1. The highest BCUT2D eigenvalue weighted by Gasteiger charge is 2.15. The molecule has 0 radical (unpaired) electrons. The monoisotopic (exact) mass is 477 g/mol. The largest absolute Gasteiger partial charge is 0.361 e. The van der Waals surface area contributed by atoms with Crippen LogP contribution >= 0.6 is 0 Å². The van der Waals surface area contributed by atoms with Crippen molar-refractivity contribution in [2.75, 3.05) is 32.5 Å². The molecular formula is C27H39N7O. The number of urea groups is 1. The Morgan fingerprint density at radius 1 is 1.14 bits per heavy atom. The number of hydrogen-bond donors (Lipinski definition) is 5. The first-order valence-electron chi connectivity index (χ1n) is 12.3. The number of amidine groups is 1. The van der Waals surface area contributed by atoms with Gasteiger partial charge in [-0.1, -0.05) is 49.6 Å². The lowest BCUT2D eigenvalue weighted by Gasteiger charge is -2.26. The predicted molar refractivity (Wildman–Crippen MR) is 146 cm³/mol. The first-order valence-corrected chi connectivity index (χ1v) is 12.3. The number of hydrogen-bond acceptors (Lipinski definition) is 4. The average molecular weight is 478 g/mol. The van der Waals surface area contributed by atoms with Crippen molar-refractivity contribution in [1.29, 1.82) is 0 Å². The average Bonchev–Trinajstić information content (AvgIpc) is 3.28. The highest BCUT2D eigenvalue weighted by molar-refractivity contribution is 6.00. The van der Waals surface area contributed by atoms with Gasteiger partial charge in [-0.15, -0.1) is 0 Å². The maximum atomic E-state index is 10.6. The highest BCUT2D eigenvalue weighted by Crippen LogP contribution is 2.24. The Labute approximate surface area is 208 Å². The summed E-state index contributed by atoms with van der Waals surface area (Å²) >= 11 is 0. The second-order valence-electron chi connectivity index (χ2n) is 9.16. The van der Waals surface area contributed by atoms with E-state index >= 15 is 0 Å². The summed E-state index contributed by atoms with van der Waals surface area (Å²) in [4.78, 5) is 20.5. The van der Waals surface area contributed by atoms with Crippen LogP contribution < -0.4 is 22.3 Å². The molecule has 1 fully saturated rings. The number of H-pyrrole nitrogens is 1. The maximum Gasteiger partial charge on any atom is 0.316 e. The van der Waals surface area contributed by atoms with Crippen molar-refractivity contribution >= 4 is 28.5 Å². The molecule has 2 aromatic carbocycles. The van der Waals surface area contributed by atoms with Gasteiger partial charge in [-0.2, -0.15) is 0 Å². The number of nitrogens with zero attached hydrogens (tertiary/aromatic N) is 2. The lowest BCUT2D eigenvalue weighted by atomic mass is 9.89. The topological polar surface area (TPSA) is 125 Å². The third kappa shape index (κ3) is 8.12. The molecule has 3 aromatic rings. The number of nitrogens with one attached hydrogen (secondary N) is 3. The fourth-order valence-corrected chi connectivity index (χ4v) is 4.72. The molecule has 0 saturated heterocycles. The lowest BCUT2D eigenvalue weighted by Crippen LogP contribution is -2.31. The van der Waals surface area contributed by atoms with Crippen molar-refractivity contribution in [2.24, 2.45) is 22.5 Å². The minimum Gasteiger partial charge on any atom is -0.361 e. The van der Waals surface area contributed by atoms with E-state index in [1.54, 1.807) is 25.2 Å². The van der Waals surface area contributed by atoms with Crippen LogP contribution in [0.1, 0.15) is 43.2 Å².